The summed E-state index contributed by atoms with van der Waals surface area (Å²) in [6.07, 6.45) is 6.37. The Morgan fingerprint density at radius 1 is 1.33 bits per heavy atom. The van der Waals surface area contributed by atoms with E-state index in [1.54, 1.807) is 0 Å². The highest BCUT2D eigenvalue weighted by Crippen LogP contribution is 2.21. The summed E-state index contributed by atoms with van der Waals surface area (Å²) in [6, 6.07) is 4.25. The Labute approximate surface area is 73.0 Å². The van der Waals surface area contributed by atoms with Crippen LogP contribution in [0, 0.1) is 0 Å². The normalized spacial score (nSPS) is 23.8. The summed E-state index contributed by atoms with van der Waals surface area (Å²) in [5.74, 6) is 0.710. The minimum absolute atomic E-state index is 0.710. The van der Waals surface area contributed by atoms with Gasteiger partial charge in [-0.3, -0.25) is 4.98 Å². The van der Waals surface area contributed by atoms with Crippen molar-refractivity contribution in [2.75, 3.05) is 13.1 Å². The van der Waals surface area contributed by atoms with Gasteiger partial charge in [0.1, 0.15) is 0 Å². The van der Waals surface area contributed by atoms with E-state index >= 15 is 0 Å². The molecule has 0 saturated carbocycles. The lowest BCUT2D eigenvalue weighted by Crippen LogP contribution is -2.28. The largest absolute Gasteiger partial charge is 0.316 e. The average Bonchev–Trinajstić information content (AvgIpc) is 2.21. The molecule has 1 fully saturated rings. The first-order valence-electron chi connectivity index (χ1n) is 4.57. The van der Waals surface area contributed by atoms with Crippen molar-refractivity contribution in [1.82, 2.24) is 10.3 Å². The molecule has 2 nitrogen and oxygen atoms in total. The van der Waals surface area contributed by atoms with Crippen molar-refractivity contribution in [3.8, 4) is 0 Å². The van der Waals surface area contributed by atoms with Crippen molar-refractivity contribution in [2.24, 2.45) is 0 Å². The molecular weight excluding hydrogens is 148 g/mol. The van der Waals surface area contributed by atoms with Crippen molar-refractivity contribution in [3.63, 3.8) is 0 Å². The summed E-state index contributed by atoms with van der Waals surface area (Å²) in [5.41, 5.74) is 1.43. The van der Waals surface area contributed by atoms with E-state index in [-0.39, 0.29) is 0 Å². The smallest absolute Gasteiger partial charge is 0.0270 e. The van der Waals surface area contributed by atoms with E-state index in [9.17, 15) is 0 Å². The van der Waals surface area contributed by atoms with Gasteiger partial charge >= 0.3 is 0 Å². The van der Waals surface area contributed by atoms with Gasteiger partial charge in [-0.25, -0.2) is 0 Å². The average molecular weight is 162 g/mol. The molecule has 12 heavy (non-hydrogen) atoms. The highest BCUT2D eigenvalue weighted by molar-refractivity contribution is 5.16. The second kappa shape index (κ2) is 3.68. The second-order valence-corrected chi connectivity index (χ2v) is 3.32. The molecule has 2 rings (SSSR count). The molecule has 0 aliphatic carbocycles. The van der Waals surface area contributed by atoms with Crippen LogP contribution >= 0.6 is 0 Å². The third-order valence-electron chi connectivity index (χ3n) is 2.47. The van der Waals surface area contributed by atoms with Crippen LogP contribution < -0.4 is 5.32 Å². The van der Waals surface area contributed by atoms with Crippen molar-refractivity contribution < 1.29 is 0 Å². The van der Waals surface area contributed by atoms with Gasteiger partial charge < -0.3 is 5.32 Å². The standard InChI is InChI=1S/C10H14N2/c1-2-10(8-12-5-1)9-3-6-11-7-4-9/h3-4,6-7,10,12H,1-2,5,8H2. The third kappa shape index (κ3) is 1.64. The number of pyridine rings is 1. The molecule has 1 N–H and O–H groups in total. The summed E-state index contributed by atoms with van der Waals surface area (Å²) in [4.78, 5) is 4.02. The molecule has 1 aliphatic rings. The first-order valence-corrected chi connectivity index (χ1v) is 4.57. The molecule has 1 atom stereocenters. The monoisotopic (exact) mass is 162 g/mol. The Balaban J connectivity index is 2.08. The third-order valence-corrected chi connectivity index (χ3v) is 2.47. The molecule has 1 unspecified atom stereocenters. The molecule has 1 aromatic rings. The summed E-state index contributed by atoms with van der Waals surface area (Å²) >= 11 is 0. The van der Waals surface area contributed by atoms with E-state index in [0.717, 1.165) is 6.54 Å². The number of rotatable bonds is 1. The van der Waals surface area contributed by atoms with Crippen molar-refractivity contribution >= 4 is 0 Å². The highest BCUT2D eigenvalue weighted by atomic mass is 14.9. The number of nitrogens with one attached hydrogen (secondary N) is 1. The zero-order valence-electron chi connectivity index (χ0n) is 7.16. The molecule has 0 radical (unpaired) electrons. The minimum atomic E-state index is 0.710. The fourth-order valence-corrected chi connectivity index (χ4v) is 1.77. The van der Waals surface area contributed by atoms with E-state index in [0.29, 0.717) is 5.92 Å². The van der Waals surface area contributed by atoms with Gasteiger partial charge in [-0.2, -0.15) is 0 Å². The molecule has 64 valence electrons. The van der Waals surface area contributed by atoms with Gasteiger partial charge in [0.05, 0.1) is 0 Å². The second-order valence-electron chi connectivity index (χ2n) is 3.32. The molecule has 0 bridgehead atoms. The van der Waals surface area contributed by atoms with Gasteiger partial charge in [0.25, 0.3) is 0 Å². The van der Waals surface area contributed by atoms with Crippen LogP contribution in [0.4, 0.5) is 0 Å². The zero-order chi connectivity index (χ0) is 8.23. The van der Waals surface area contributed by atoms with E-state index < -0.39 is 0 Å². The van der Waals surface area contributed by atoms with Gasteiger partial charge in [-0.1, -0.05) is 0 Å². The van der Waals surface area contributed by atoms with Crippen LogP contribution in [0.15, 0.2) is 24.5 Å². The van der Waals surface area contributed by atoms with Crippen LogP contribution in [-0.4, -0.2) is 18.1 Å². The fraction of sp³-hybridized carbons (Fsp3) is 0.500. The quantitative estimate of drug-likeness (QED) is 0.677. The lowest BCUT2D eigenvalue weighted by molar-refractivity contribution is 0.461. The van der Waals surface area contributed by atoms with Crippen molar-refractivity contribution in [2.45, 2.75) is 18.8 Å². The number of aromatic nitrogens is 1. The molecular formula is C10H14N2. The Hall–Kier alpha value is -0.890. The molecule has 0 aromatic carbocycles. The maximum absolute atomic E-state index is 4.02. The molecule has 2 heteroatoms. The minimum Gasteiger partial charge on any atom is -0.316 e. The lowest BCUT2D eigenvalue weighted by atomic mass is 9.93. The molecule has 1 saturated heterocycles. The van der Waals surface area contributed by atoms with Gasteiger partial charge in [-0.05, 0) is 43.0 Å². The maximum Gasteiger partial charge on any atom is 0.0270 e. The van der Waals surface area contributed by atoms with Crippen LogP contribution in [0.25, 0.3) is 0 Å². The Bertz CT molecular complexity index is 227. The first-order chi connectivity index (χ1) is 5.97. The highest BCUT2D eigenvalue weighted by Gasteiger charge is 2.13. The van der Waals surface area contributed by atoms with E-state index in [1.165, 1.54) is 24.9 Å². The summed E-state index contributed by atoms with van der Waals surface area (Å²) in [6.45, 7) is 2.31. The van der Waals surface area contributed by atoms with Crippen molar-refractivity contribution in [1.29, 1.82) is 0 Å². The topological polar surface area (TPSA) is 24.9 Å². The predicted molar refractivity (Wildman–Crippen MR) is 49.1 cm³/mol. The van der Waals surface area contributed by atoms with Crippen molar-refractivity contribution in [3.05, 3.63) is 30.1 Å². The molecule has 1 aromatic heterocycles. The van der Waals surface area contributed by atoms with Gasteiger partial charge in [0.15, 0.2) is 0 Å². The molecule has 0 amide bonds. The molecule has 1 aliphatic heterocycles. The van der Waals surface area contributed by atoms with Gasteiger partial charge in [0, 0.05) is 18.9 Å². The molecule has 2 heterocycles. The molecule has 0 spiro atoms. The Kier molecular flexibility index (Phi) is 2.37. The lowest BCUT2D eigenvalue weighted by Gasteiger charge is -2.22. The van der Waals surface area contributed by atoms with Gasteiger partial charge in [0.2, 0.25) is 0 Å². The number of hydrogen-bond donors (Lipinski definition) is 1. The van der Waals surface area contributed by atoms with Crippen LogP contribution in [0.3, 0.4) is 0 Å². The van der Waals surface area contributed by atoms with Crippen LogP contribution in [0.5, 0.6) is 0 Å². The number of piperidine rings is 1. The van der Waals surface area contributed by atoms with Crippen LogP contribution in [-0.2, 0) is 0 Å². The van der Waals surface area contributed by atoms with E-state index in [4.69, 9.17) is 0 Å². The fourth-order valence-electron chi connectivity index (χ4n) is 1.77. The first kappa shape index (κ1) is 7.74. The SMILES string of the molecule is c1cc(C2CCCNC2)ccn1. The van der Waals surface area contributed by atoms with Crippen LogP contribution in [0.2, 0.25) is 0 Å². The van der Waals surface area contributed by atoms with E-state index in [2.05, 4.69) is 22.4 Å². The Morgan fingerprint density at radius 3 is 2.83 bits per heavy atom. The van der Waals surface area contributed by atoms with Crippen LogP contribution in [0.1, 0.15) is 24.3 Å². The summed E-state index contributed by atoms with van der Waals surface area (Å²) < 4.78 is 0. The Morgan fingerprint density at radius 2 is 2.17 bits per heavy atom. The number of hydrogen-bond acceptors (Lipinski definition) is 2. The number of nitrogens with zero attached hydrogens (tertiary/aromatic N) is 1. The summed E-state index contributed by atoms with van der Waals surface area (Å²) in [5, 5.41) is 3.41. The maximum atomic E-state index is 4.02. The predicted octanol–water partition coefficient (Wildman–Crippen LogP) is 1.55. The van der Waals surface area contributed by atoms with Gasteiger partial charge in [-0.15, -0.1) is 0 Å². The van der Waals surface area contributed by atoms with E-state index in [1.807, 2.05) is 12.4 Å². The summed E-state index contributed by atoms with van der Waals surface area (Å²) in [7, 11) is 0. The zero-order valence-corrected chi connectivity index (χ0v) is 7.16.